The Labute approximate surface area is 173 Å². The van der Waals surface area contributed by atoms with E-state index in [1.165, 1.54) is 16.8 Å². The molecule has 1 amide bonds. The Balaban J connectivity index is 1.30. The van der Waals surface area contributed by atoms with Crippen molar-refractivity contribution in [2.75, 3.05) is 49.6 Å². The molecule has 1 saturated heterocycles. The van der Waals surface area contributed by atoms with Crippen LogP contribution in [0.2, 0.25) is 0 Å². The summed E-state index contributed by atoms with van der Waals surface area (Å²) in [6.07, 6.45) is 2.85. The first-order chi connectivity index (χ1) is 14.2. The van der Waals surface area contributed by atoms with E-state index in [1.807, 2.05) is 12.1 Å². The zero-order valence-electron chi connectivity index (χ0n) is 17.1. The highest BCUT2D eigenvalue weighted by molar-refractivity contribution is 6.03. The van der Waals surface area contributed by atoms with Crippen molar-refractivity contribution in [1.29, 1.82) is 0 Å². The van der Waals surface area contributed by atoms with Gasteiger partial charge in [0, 0.05) is 49.7 Å². The average Bonchev–Trinajstić information content (AvgIpc) is 2.75. The molecule has 5 nitrogen and oxygen atoms in total. The van der Waals surface area contributed by atoms with E-state index in [1.54, 1.807) is 0 Å². The molecule has 29 heavy (non-hydrogen) atoms. The number of benzene rings is 2. The molecule has 152 valence electrons. The normalized spacial score (nSPS) is 17.7. The number of nitrogens with one attached hydrogen (secondary N) is 1. The van der Waals surface area contributed by atoms with E-state index in [2.05, 4.69) is 64.5 Å². The van der Waals surface area contributed by atoms with Gasteiger partial charge in [-0.15, -0.1) is 0 Å². The van der Waals surface area contributed by atoms with Crippen LogP contribution in [-0.4, -0.2) is 50.2 Å². The van der Waals surface area contributed by atoms with Gasteiger partial charge >= 0.3 is 0 Å². The highest BCUT2D eigenvalue weighted by Gasteiger charge is 2.17. The van der Waals surface area contributed by atoms with Crippen LogP contribution in [-0.2, 0) is 16.1 Å². The Bertz CT molecular complexity index is 870. The van der Waals surface area contributed by atoms with Crippen molar-refractivity contribution < 1.29 is 9.53 Å². The number of anilines is 2. The second-order valence-electron chi connectivity index (χ2n) is 7.80. The van der Waals surface area contributed by atoms with Crippen molar-refractivity contribution in [2.45, 2.75) is 19.9 Å². The van der Waals surface area contributed by atoms with Gasteiger partial charge in [-0.1, -0.05) is 35.9 Å². The molecule has 1 N–H and O–H groups in total. The summed E-state index contributed by atoms with van der Waals surface area (Å²) in [7, 11) is 0. The maximum absolute atomic E-state index is 12.6. The Morgan fingerprint density at radius 1 is 1.07 bits per heavy atom. The Morgan fingerprint density at radius 3 is 2.55 bits per heavy atom. The van der Waals surface area contributed by atoms with Gasteiger partial charge in [-0.25, -0.2) is 0 Å². The van der Waals surface area contributed by atoms with Crippen LogP contribution in [0.25, 0.3) is 0 Å². The van der Waals surface area contributed by atoms with Crippen molar-refractivity contribution >= 4 is 17.3 Å². The molecule has 2 aromatic rings. The van der Waals surface area contributed by atoms with Crippen LogP contribution < -0.4 is 10.2 Å². The number of rotatable bonds is 5. The topological polar surface area (TPSA) is 44.8 Å². The summed E-state index contributed by atoms with van der Waals surface area (Å²) in [5.74, 6) is 0.0133. The molecule has 0 unspecified atom stereocenters. The monoisotopic (exact) mass is 391 g/mol. The highest BCUT2D eigenvalue weighted by atomic mass is 16.5. The van der Waals surface area contributed by atoms with Crippen LogP contribution in [0.3, 0.4) is 0 Å². The summed E-state index contributed by atoms with van der Waals surface area (Å²) in [6.45, 7) is 8.14. The van der Waals surface area contributed by atoms with Crippen molar-refractivity contribution in [2.24, 2.45) is 0 Å². The average molecular weight is 392 g/mol. The standard InChI is InChI=1S/C24H29N3O2/c1-19-3-2-4-20(17-19)18-26-11-9-21(10-12-26)24(28)25-22-5-7-23(8-6-22)27-13-15-29-16-14-27/h2-9,17H,10-16,18H2,1H3,(H,25,28). The van der Waals surface area contributed by atoms with Crippen LogP contribution >= 0.6 is 0 Å². The predicted molar refractivity (Wildman–Crippen MR) is 117 cm³/mol. The molecule has 2 heterocycles. The van der Waals surface area contributed by atoms with Gasteiger partial charge in [0.1, 0.15) is 0 Å². The molecule has 1 fully saturated rings. The van der Waals surface area contributed by atoms with E-state index in [4.69, 9.17) is 4.74 Å². The molecule has 0 saturated carbocycles. The minimum absolute atomic E-state index is 0.0133. The smallest absolute Gasteiger partial charge is 0.251 e. The molecule has 0 aliphatic carbocycles. The van der Waals surface area contributed by atoms with Crippen molar-refractivity contribution in [3.63, 3.8) is 0 Å². The van der Waals surface area contributed by atoms with Crippen LogP contribution in [0.4, 0.5) is 11.4 Å². The third-order valence-corrected chi connectivity index (χ3v) is 5.57. The van der Waals surface area contributed by atoms with Gasteiger partial charge in [-0.05, 0) is 43.2 Å². The first-order valence-corrected chi connectivity index (χ1v) is 10.4. The quantitative estimate of drug-likeness (QED) is 0.846. The Kier molecular flexibility index (Phi) is 6.27. The van der Waals surface area contributed by atoms with E-state index in [-0.39, 0.29) is 5.91 Å². The van der Waals surface area contributed by atoms with E-state index < -0.39 is 0 Å². The molecular weight excluding hydrogens is 362 g/mol. The zero-order chi connectivity index (χ0) is 20.1. The van der Waals surface area contributed by atoms with Crippen molar-refractivity contribution in [3.8, 4) is 0 Å². The van der Waals surface area contributed by atoms with Gasteiger partial charge in [0.25, 0.3) is 5.91 Å². The molecule has 0 aromatic heterocycles. The SMILES string of the molecule is Cc1cccc(CN2CC=C(C(=O)Nc3ccc(N4CCOCC4)cc3)CC2)c1. The lowest BCUT2D eigenvalue weighted by molar-refractivity contribution is -0.113. The van der Waals surface area contributed by atoms with Gasteiger partial charge in [-0.2, -0.15) is 0 Å². The van der Waals surface area contributed by atoms with Crippen LogP contribution in [0.15, 0.2) is 60.2 Å². The zero-order valence-corrected chi connectivity index (χ0v) is 17.1. The van der Waals surface area contributed by atoms with E-state index in [0.29, 0.717) is 0 Å². The molecule has 4 rings (SSSR count). The molecular formula is C24H29N3O2. The van der Waals surface area contributed by atoms with Gasteiger partial charge in [0.05, 0.1) is 13.2 Å². The fraction of sp³-hybridized carbons (Fsp3) is 0.375. The molecule has 0 atom stereocenters. The summed E-state index contributed by atoms with van der Waals surface area (Å²) in [5.41, 5.74) is 5.51. The van der Waals surface area contributed by atoms with Crippen molar-refractivity contribution in [1.82, 2.24) is 4.90 Å². The minimum atomic E-state index is 0.0133. The predicted octanol–water partition coefficient (Wildman–Crippen LogP) is 3.60. The van der Waals surface area contributed by atoms with Gasteiger partial charge in [-0.3, -0.25) is 9.69 Å². The first kappa shape index (κ1) is 19.7. The highest BCUT2D eigenvalue weighted by Crippen LogP contribution is 2.21. The lowest BCUT2D eigenvalue weighted by Gasteiger charge is -2.29. The molecule has 5 heteroatoms. The lowest BCUT2D eigenvalue weighted by atomic mass is 10.1. The number of carbonyl (C=O) groups excluding carboxylic acids is 1. The van der Waals surface area contributed by atoms with Gasteiger partial charge in [0.2, 0.25) is 0 Å². The number of hydrogen-bond acceptors (Lipinski definition) is 4. The Morgan fingerprint density at radius 2 is 1.86 bits per heavy atom. The third kappa shape index (κ3) is 5.25. The molecule has 0 spiro atoms. The largest absolute Gasteiger partial charge is 0.378 e. The van der Waals surface area contributed by atoms with Crippen molar-refractivity contribution in [3.05, 3.63) is 71.3 Å². The molecule has 0 bridgehead atoms. The number of nitrogens with zero attached hydrogens (tertiary/aromatic N) is 2. The van der Waals surface area contributed by atoms with E-state index in [9.17, 15) is 4.79 Å². The number of aryl methyl sites for hydroxylation is 1. The van der Waals surface area contributed by atoms with E-state index >= 15 is 0 Å². The minimum Gasteiger partial charge on any atom is -0.378 e. The summed E-state index contributed by atoms with van der Waals surface area (Å²) in [4.78, 5) is 17.3. The molecule has 0 radical (unpaired) electrons. The van der Waals surface area contributed by atoms with Gasteiger partial charge < -0.3 is 15.0 Å². The lowest BCUT2D eigenvalue weighted by Crippen LogP contribution is -2.36. The van der Waals surface area contributed by atoms with Crippen LogP contribution in [0.1, 0.15) is 17.5 Å². The number of amides is 1. The summed E-state index contributed by atoms with van der Waals surface area (Å²) < 4.78 is 5.40. The number of hydrogen-bond donors (Lipinski definition) is 1. The van der Waals surface area contributed by atoms with E-state index in [0.717, 1.165) is 63.6 Å². The maximum atomic E-state index is 12.6. The van der Waals surface area contributed by atoms with Crippen LogP contribution in [0, 0.1) is 6.92 Å². The first-order valence-electron chi connectivity index (χ1n) is 10.4. The number of ether oxygens (including phenoxy) is 1. The summed E-state index contributed by atoms with van der Waals surface area (Å²) in [5, 5.41) is 3.04. The van der Waals surface area contributed by atoms with Gasteiger partial charge in [0.15, 0.2) is 0 Å². The maximum Gasteiger partial charge on any atom is 0.251 e. The molecule has 2 aliphatic heterocycles. The fourth-order valence-electron chi connectivity index (χ4n) is 3.92. The van der Waals surface area contributed by atoms with Crippen LogP contribution in [0.5, 0.6) is 0 Å². The summed E-state index contributed by atoms with van der Waals surface area (Å²) in [6, 6.07) is 16.7. The Hall–Kier alpha value is -2.63. The second-order valence-corrected chi connectivity index (χ2v) is 7.80. The molecule has 2 aromatic carbocycles. The fourth-order valence-corrected chi connectivity index (χ4v) is 3.92. The number of carbonyl (C=O) groups is 1. The third-order valence-electron chi connectivity index (χ3n) is 5.57. The summed E-state index contributed by atoms with van der Waals surface area (Å²) >= 11 is 0. The second kappa shape index (κ2) is 9.25. The molecule has 2 aliphatic rings. The number of morpholine rings is 1.